The van der Waals surface area contributed by atoms with Crippen LogP contribution < -0.4 is 5.32 Å². The molecular formula is C16H14ClNO2. The minimum Gasteiger partial charge on any atom is -0.447 e. The summed E-state index contributed by atoms with van der Waals surface area (Å²) in [5.41, 5.74) is 6.47. The van der Waals surface area contributed by atoms with Crippen LogP contribution in [0.2, 0.25) is 0 Å². The fourth-order valence-corrected chi connectivity index (χ4v) is 2.95. The number of hydrogen-bond donors (Lipinski definition) is 1. The van der Waals surface area contributed by atoms with Crippen LogP contribution in [-0.2, 0) is 11.2 Å². The number of benzene rings is 2. The van der Waals surface area contributed by atoms with Crippen molar-refractivity contribution in [1.82, 2.24) is 5.32 Å². The third kappa shape index (κ3) is 1.95. The van der Waals surface area contributed by atoms with Gasteiger partial charge in [0.25, 0.3) is 0 Å². The smallest absolute Gasteiger partial charge is 0.407 e. The predicted octanol–water partition coefficient (Wildman–Crippen LogP) is 3.46. The van der Waals surface area contributed by atoms with Crippen LogP contribution in [0, 0.1) is 0 Å². The molecule has 1 aliphatic heterocycles. The summed E-state index contributed by atoms with van der Waals surface area (Å²) in [6.07, 6.45) is 0.648. The molecule has 0 aromatic heterocycles. The molecular weight excluding hydrogens is 274 g/mol. The van der Waals surface area contributed by atoms with Crippen LogP contribution in [0.4, 0.5) is 4.79 Å². The van der Waals surface area contributed by atoms with Crippen LogP contribution in [0.15, 0.2) is 42.5 Å². The molecule has 0 unspecified atom stereocenters. The van der Waals surface area contributed by atoms with Crippen LogP contribution >= 0.6 is 12.4 Å². The van der Waals surface area contributed by atoms with Crippen molar-refractivity contribution < 1.29 is 9.53 Å². The molecule has 0 radical (unpaired) electrons. The molecule has 2 aromatic carbocycles. The number of fused-ring (bicyclic) bond motifs is 3. The maximum absolute atomic E-state index is 11.1. The molecule has 1 saturated heterocycles. The third-order valence-corrected chi connectivity index (χ3v) is 3.89. The van der Waals surface area contributed by atoms with Crippen molar-refractivity contribution in [3.05, 3.63) is 59.2 Å². The number of amides is 1. The SMILES string of the molecule is Cl.O=C1N[C@@H](c2ccc3c(c2)Cc2ccccc2-3)CO1. The molecule has 1 fully saturated rings. The zero-order chi connectivity index (χ0) is 12.8. The van der Waals surface area contributed by atoms with E-state index in [9.17, 15) is 4.79 Å². The maximum atomic E-state index is 11.1. The number of ether oxygens (including phenoxy) is 1. The van der Waals surface area contributed by atoms with E-state index in [1.807, 2.05) is 0 Å². The van der Waals surface area contributed by atoms with Crippen molar-refractivity contribution in [2.75, 3.05) is 6.61 Å². The van der Waals surface area contributed by atoms with Crippen molar-refractivity contribution in [3.8, 4) is 11.1 Å². The van der Waals surface area contributed by atoms with Gasteiger partial charge in [0.1, 0.15) is 6.61 Å². The van der Waals surface area contributed by atoms with Gasteiger partial charge in [0.2, 0.25) is 0 Å². The Bertz CT molecular complexity index is 684. The largest absolute Gasteiger partial charge is 0.447 e. The van der Waals surface area contributed by atoms with Gasteiger partial charge in [0.15, 0.2) is 0 Å². The van der Waals surface area contributed by atoms with Crippen LogP contribution in [0.3, 0.4) is 0 Å². The highest BCUT2D eigenvalue weighted by Gasteiger charge is 2.25. The van der Waals surface area contributed by atoms with Crippen LogP contribution in [0.25, 0.3) is 11.1 Å². The predicted molar refractivity (Wildman–Crippen MR) is 79.2 cm³/mol. The standard InChI is InChI=1S/C16H13NO2.ClH/c18-16-17-15(9-19-16)11-5-6-14-12(8-11)7-10-3-1-2-4-13(10)14;/h1-6,8,15H,7,9H2,(H,17,18);1H/t15-;/m1./s1. The lowest BCUT2D eigenvalue weighted by molar-refractivity contribution is 0.177. The summed E-state index contributed by atoms with van der Waals surface area (Å²) in [6.45, 7) is 0.421. The van der Waals surface area contributed by atoms with E-state index >= 15 is 0 Å². The highest BCUT2D eigenvalue weighted by atomic mass is 35.5. The Kier molecular flexibility index (Phi) is 3.14. The molecule has 102 valence electrons. The first kappa shape index (κ1) is 13.0. The number of carbonyl (C=O) groups is 1. The summed E-state index contributed by atoms with van der Waals surface area (Å²) in [4.78, 5) is 11.1. The average molecular weight is 288 g/mol. The number of carbonyl (C=O) groups excluding carboxylic acids is 1. The number of hydrogen-bond acceptors (Lipinski definition) is 2. The van der Waals surface area contributed by atoms with Crippen molar-refractivity contribution in [2.24, 2.45) is 0 Å². The molecule has 0 spiro atoms. The Morgan fingerprint density at radius 2 is 1.85 bits per heavy atom. The molecule has 2 aromatic rings. The lowest BCUT2D eigenvalue weighted by Crippen LogP contribution is -2.18. The zero-order valence-electron chi connectivity index (χ0n) is 10.8. The molecule has 4 rings (SSSR count). The number of rotatable bonds is 1. The van der Waals surface area contributed by atoms with Gasteiger partial charge in [-0.25, -0.2) is 4.79 Å². The normalized spacial score (nSPS) is 18.6. The number of nitrogens with one attached hydrogen (secondary N) is 1. The highest BCUT2D eigenvalue weighted by molar-refractivity contribution is 5.85. The molecule has 0 bridgehead atoms. The quantitative estimate of drug-likeness (QED) is 0.744. The highest BCUT2D eigenvalue weighted by Crippen LogP contribution is 2.37. The van der Waals surface area contributed by atoms with E-state index in [1.54, 1.807) is 0 Å². The summed E-state index contributed by atoms with van der Waals surface area (Å²) in [6, 6.07) is 14.9. The van der Waals surface area contributed by atoms with Gasteiger partial charge in [-0.05, 0) is 34.2 Å². The molecule has 1 heterocycles. The molecule has 1 aliphatic carbocycles. The van der Waals surface area contributed by atoms with Gasteiger partial charge in [-0.1, -0.05) is 42.5 Å². The summed E-state index contributed by atoms with van der Waals surface area (Å²) in [5.74, 6) is 0. The summed E-state index contributed by atoms with van der Waals surface area (Å²) >= 11 is 0. The molecule has 4 heteroatoms. The Morgan fingerprint density at radius 3 is 2.65 bits per heavy atom. The molecule has 1 atom stereocenters. The Labute approximate surface area is 123 Å². The fraction of sp³-hybridized carbons (Fsp3) is 0.188. The second kappa shape index (κ2) is 4.84. The van der Waals surface area contributed by atoms with Crippen LogP contribution in [-0.4, -0.2) is 12.7 Å². The van der Waals surface area contributed by atoms with Crippen LogP contribution in [0.5, 0.6) is 0 Å². The van der Waals surface area contributed by atoms with Gasteiger partial charge in [0.05, 0.1) is 6.04 Å². The Hall–Kier alpha value is -2.00. The van der Waals surface area contributed by atoms with Gasteiger partial charge in [-0.3, -0.25) is 0 Å². The van der Waals surface area contributed by atoms with Gasteiger partial charge in [-0.2, -0.15) is 0 Å². The second-order valence-corrected chi connectivity index (χ2v) is 5.05. The number of alkyl carbamates (subject to hydrolysis) is 1. The van der Waals surface area contributed by atoms with Gasteiger partial charge < -0.3 is 10.1 Å². The zero-order valence-corrected chi connectivity index (χ0v) is 11.6. The van der Waals surface area contributed by atoms with Crippen molar-refractivity contribution in [3.63, 3.8) is 0 Å². The number of cyclic esters (lactones) is 1. The summed E-state index contributed by atoms with van der Waals surface area (Å²) in [5, 5.41) is 2.82. The Balaban J connectivity index is 0.00000121. The molecule has 2 aliphatic rings. The van der Waals surface area contributed by atoms with E-state index in [2.05, 4.69) is 47.8 Å². The van der Waals surface area contributed by atoms with Crippen molar-refractivity contribution in [1.29, 1.82) is 0 Å². The Morgan fingerprint density at radius 1 is 1.05 bits per heavy atom. The van der Waals surface area contributed by atoms with E-state index in [4.69, 9.17) is 4.74 Å². The first-order chi connectivity index (χ1) is 9.31. The van der Waals surface area contributed by atoms with E-state index in [0.717, 1.165) is 12.0 Å². The average Bonchev–Trinajstić information content (AvgIpc) is 3.01. The van der Waals surface area contributed by atoms with Gasteiger partial charge >= 0.3 is 6.09 Å². The lowest BCUT2D eigenvalue weighted by atomic mass is 10.0. The van der Waals surface area contributed by atoms with E-state index in [1.165, 1.54) is 22.3 Å². The lowest BCUT2D eigenvalue weighted by Gasteiger charge is -2.09. The number of halogens is 1. The molecule has 1 N–H and O–H groups in total. The van der Waals surface area contributed by atoms with Crippen molar-refractivity contribution >= 4 is 18.5 Å². The molecule has 0 saturated carbocycles. The minimum absolute atomic E-state index is 0. The van der Waals surface area contributed by atoms with Gasteiger partial charge in [-0.15, -0.1) is 12.4 Å². The monoisotopic (exact) mass is 287 g/mol. The van der Waals surface area contributed by atoms with E-state index in [-0.39, 0.29) is 24.5 Å². The maximum Gasteiger partial charge on any atom is 0.407 e. The first-order valence-corrected chi connectivity index (χ1v) is 6.46. The van der Waals surface area contributed by atoms with Gasteiger partial charge in [0, 0.05) is 0 Å². The third-order valence-electron chi connectivity index (χ3n) is 3.89. The summed E-state index contributed by atoms with van der Waals surface area (Å²) < 4.78 is 4.95. The first-order valence-electron chi connectivity index (χ1n) is 6.46. The topological polar surface area (TPSA) is 38.3 Å². The van der Waals surface area contributed by atoms with Crippen molar-refractivity contribution in [2.45, 2.75) is 12.5 Å². The molecule has 3 nitrogen and oxygen atoms in total. The summed E-state index contributed by atoms with van der Waals surface area (Å²) in [7, 11) is 0. The second-order valence-electron chi connectivity index (χ2n) is 5.05. The van der Waals surface area contributed by atoms with E-state index in [0.29, 0.717) is 6.61 Å². The fourth-order valence-electron chi connectivity index (χ4n) is 2.95. The van der Waals surface area contributed by atoms with Crippen LogP contribution in [0.1, 0.15) is 22.7 Å². The van der Waals surface area contributed by atoms with E-state index < -0.39 is 0 Å². The minimum atomic E-state index is -0.325. The molecule has 1 amide bonds. The molecule has 20 heavy (non-hydrogen) atoms.